The summed E-state index contributed by atoms with van der Waals surface area (Å²) in [4.78, 5) is 11.9. The first-order chi connectivity index (χ1) is 10.4. The number of carbonyl (C=O) groups excluding carboxylic acids is 1. The molecule has 118 valence electrons. The minimum Gasteiger partial charge on any atom is -0.351 e. The maximum absolute atomic E-state index is 12.2. The third-order valence-corrected chi connectivity index (χ3v) is 6.32. The average Bonchev–Trinajstić information content (AvgIpc) is 3.00. The fraction of sp³-hybridized carbons (Fsp3) is 0.214. The first kappa shape index (κ1) is 17.0. The molecule has 2 aromatic rings. The molecule has 1 N–H and O–H groups in total. The van der Waals surface area contributed by atoms with Crippen LogP contribution in [0.15, 0.2) is 46.0 Å². The van der Waals surface area contributed by atoms with Crippen LogP contribution in [0.4, 0.5) is 0 Å². The molecule has 0 saturated heterocycles. The smallest absolute Gasteiger partial charge is 0.252 e. The quantitative estimate of drug-likeness (QED) is 0.861. The number of amides is 1. The van der Waals surface area contributed by atoms with E-state index in [9.17, 15) is 13.2 Å². The van der Waals surface area contributed by atoms with Gasteiger partial charge in [0, 0.05) is 18.6 Å². The predicted octanol–water partition coefficient (Wildman–Crippen LogP) is 2.34. The normalized spacial score (nSPS) is 11.6. The van der Waals surface area contributed by atoms with Crippen LogP contribution in [0.2, 0.25) is 5.02 Å². The van der Waals surface area contributed by atoms with Gasteiger partial charge in [-0.05, 0) is 29.1 Å². The molecule has 8 heteroatoms. The monoisotopic (exact) mass is 358 g/mol. The van der Waals surface area contributed by atoms with Crippen molar-refractivity contribution in [1.29, 1.82) is 0 Å². The number of hydrogen-bond acceptors (Lipinski definition) is 4. The van der Waals surface area contributed by atoms with Gasteiger partial charge in [-0.2, -0.15) is 4.31 Å². The molecule has 1 aromatic carbocycles. The zero-order valence-corrected chi connectivity index (χ0v) is 14.2. The van der Waals surface area contributed by atoms with E-state index in [2.05, 4.69) is 5.32 Å². The number of benzene rings is 1. The molecule has 1 aromatic heterocycles. The summed E-state index contributed by atoms with van der Waals surface area (Å²) >= 11 is 6.98. The highest BCUT2D eigenvalue weighted by Gasteiger charge is 2.23. The van der Waals surface area contributed by atoms with Gasteiger partial charge in [0.15, 0.2) is 0 Å². The molecule has 0 saturated carbocycles. The van der Waals surface area contributed by atoms with Crippen LogP contribution in [0.1, 0.15) is 5.56 Å². The molecule has 0 aliphatic heterocycles. The molecular formula is C14H15ClN2O3S2. The van der Waals surface area contributed by atoms with Gasteiger partial charge in [-0.3, -0.25) is 4.79 Å². The Morgan fingerprint density at radius 3 is 2.73 bits per heavy atom. The Balaban J connectivity index is 1.92. The maximum Gasteiger partial charge on any atom is 0.252 e. The Kier molecular flexibility index (Phi) is 5.57. The van der Waals surface area contributed by atoms with Crippen molar-refractivity contribution in [3.8, 4) is 0 Å². The van der Waals surface area contributed by atoms with Crippen molar-refractivity contribution in [3.63, 3.8) is 0 Å². The molecule has 0 bridgehead atoms. The van der Waals surface area contributed by atoms with Crippen LogP contribution in [0.25, 0.3) is 0 Å². The fourth-order valence-corrected chi connectivity index (χ4v) is 4.30. The number of thiophene rings is 1. The van der Waals surface area contributed by atoms with Crippen LogP contribution in [0.3, 0.4) is 0 Å². The van der Waals surface area contributed by atoms with E-state index in [1.54, 1.807) is 29.6 Å². The topological polar surface area (TPSA) is 66.5 Å². The molecule has 1 amide bonds. The van der Waals surface area contributed by atoms with E-state index < -0.39 is 10.0 Å². The van der Waals surface area contributed by atoms with Crippen LogP contribution in [0, 0.1) is 0 Å². The molecule has 1 heterocycles. The summed E-state index contributed by atoms with van der Waals surface area (Å²) in [6.07, 6.45) is 0. The molecule has 2 rings (SSSR count). The number of halogens is 1. The number of rotatable bonds is 6. The van der Waals surface area contributed by atoms with E-state index in [1.807, 2.05) is 6.07 Å². The van der Waals surface area contributed by atoms with Gasteiger partial charge in [-0.1, -0.05) is 29.8 Å². The lowest BCUT2D eigenvalue weighted by molar-refractivity contribution is -0.121. The lowest BCUT2D eigenvalue weighted by Gasteiger charge is -2.15. The Morgan fingerprint density at radius 2 is 2.09 bits per heavy atom. The number of sulfonamides is 1. The summed E-state index contributed by atoms with van der Waals surface area (Å²) < 4.78 is 25.6. The van der Waals surface area contributed by atoms with Gasteiger partial charge in [-0.25, -0.2) is 8.42 Å². The predicted molar refractivity (Wildman–Crippen MR) is 87.4 cm³/mol. The third-order valence-electron chi connectivity index (χ3n) is 2.90. The number of nitrogens with zero attached hydrogens (tertiary/aromatic N) is 1. The SMILES string of the molecule is CN(CC(=O)NCc1cccc(Cl)c1)S(=O)(=O)c1cccs1. The minimum atomic E-state index is -3.61. The van der Waals surface area contributed by atoms with Crippen molar-refractivity contribution >= 4 is 38.9 Å². The fourth-order valence-electron chi connectivity index (χ4n) is 1.75. The van der Waals surface area contributed by atoms with Crippen LogP contribution in [-0.2, 0) is 21.4 Å². The summed E-state index contributed by atoms with van der Waals surface area (Å²) in [5.41, 5.74) is 0.851. The largest absolute Gasteiger partial charge is 0.351 e. The van der Waals surface area contributed by atoms with Crippen molar-refractivity contribution < 1.29 is 13.2 Å². The first-order valence-electron chi connectivity index (χ1n) is 6.40. The Labute approximate surface area is 138 Å². The Bertz CT molecular complexity index is 745. The lowest BCUT2D eigenvalue weighted by atomic mass is 10.2. The summed E-state index contributed by atoms with van der Waals surface area (Å²) in [7, 11) is -2.23. The van der Waals surface area contributed by atoms with E-state index in [1.165, 1.54) is 13.1 Å². The van der Waals surface area contributed by atoms with Crippen LogP contribution in [0.5, 0.6) is 0 Å². The van der Waals surface area contributed by atoms with Crippen molar-refractivity contribution in [2.24, 2.45) is 0 Å². The third kappa shape index (κ3) is 4.30. The number of carbonyl (C=O) groups is 1. The summed E-state index contributed by atoms with van der Waals surface area (Å²) in [5.74, 6) is -0.373. The average molecular weight is 359 g/mol. The molecule has 0 aliphatic rings. The van der Waals surface area contributed by atoms with E-state index in [4.69, 9.17) is 11.6 Å². The zero-order chi connectivity index (χ0) is 16.2. The molecule has 0 unspecified atom stereocenters. The maximum atomic E-state index is 12.2. The lowest BCUT2D eigenvalue weighted by Crippen LogP contribution is -2.37. The van der Waals surface area contributed by atoms with E-state index in [-0.39, 0.29) is 16.7 Å². The highest BCUT2D eigenvalue weighted by Crippen LogP contribution is 2.19. The molecular weight excluding hydrogens is 344 g/mol. The number of nitrogens with one attached hydrogen (secondary N) is 1. The molecule has 22 heavy (non-hydrogen) atoms. The van der Waals surface area contributed by atoms with Crippen LogP contribution in [-0.4, -0.2) is 32.2 Å². The van der Waals surface area contributed by atoms with Crippen molar-refractivity contribution in [3.05, 3.63) is 52.4 Å². The van der Waals surface area contributed by atoms with E-state index in [0.717, 1.165) is 21.2 Å². The molecule has 0 radical (unpaired) electrons. The minimum absolute atomic E-state index is 0.220. The Morgan fingerprint density at radius 1 is 1.32 bits per heavy atom. The van der Waals surface area contributed by atoms with Gasteiger partial charge in [-0.15, -0.1) is 11.3 Å². The molecule has 5 nitrogen and oxygen atoms in total. The molecule has 0 fully saturated rings. The zero-order valence-electron chi connectivity index (χ0n) is 11.8. The van der Waals surface area contributed by atoms with Gasteiger partial charge >= 0.3 is 0 Å². The molecule has 0 spiro atoms. The first-order valence-corrected chi connectivity index (χ1v) is 9.10. The van der Waals surface area contributed by atoms with E-state index >= 15 is 0 Å². The molecule has 0 aliphatic carbocycles. The van der Waals surface area contributed by atoms with Gasteiger partial charge in [0.2, 0.25) is 5.91 Å². The van der Waals surface area contributed by atoms with Gasteiger partial charge in [0.05, 0.1) is 6.54 Å². The standard InChI is InChI=1S/C14H15ClN2O3S2/c1-17(22(19,20)14-6-3-7-21-14)10-13(18)16-9-11-4-2-5-12(15)8-11/h2-8H,9-10H2,1H3,(H,16,18). The van der Waals surface area contributed by atoms with E-state index in [0.29, 0.717) is 11.6 Å². The van der Waals surface area contributed by atoms with Crippen LogP contribution >= 0.6 is 22.9 Å². The number of hydrogen-bond donors (Lipinski definition) is 1. The summed E-state index contributed by atoms with van der Waals surface area (Å²) in [6, 6.07) is 10.3. The van der Waals surface area contributed by atoms with Crippen molar-refractivity contribution in [2.45, 2.75) is 10.8 Å². The Hall–Kier alpha value is -1.41. The second-order valence-electron chi connectivity index (χ2n) is 4.60. The highest BCUT2D eigenvalue weighted by atomic mass is 35.5. The summed E-state index contributed by atoms with van der Waals surface area (Å²) in [6.45, 7) is 0.0626. The van der Waals surface area contributed by atoms with Gasteiger partial charge < -0.3 is 5.32 Å². The van der Waals surface area contributed by atoms with Crippen molar-refractivity contribution in [1.82, 2.24) is 9.62 Å². The highest BCUT2D eigenvalue weighted by molar-refractivity contribution is 7.91. The van der Waals surface area contributed by atoms with Gasteiger partial charge in [0.25, 0.3) is 10.0 Å². The molecule has 0 atom stereocenters. The second kappa shape index (κ2) is 7.23. The summed E-state index contributed by atoms with van der Waals surface area (Å²) in [5, 5.41) is 4.94. The van der Waals surface area contributed by atoms with Gasteiger partial charge in [0.1, 0.15) is 4.21 Å². The second-order valence-corrected chi connectivity index (χ2v) is 8.26. The number of likely N-dealkylation sites (N-methyl/N-ethyl adjacent to an activating group) is 1. The van der Waals surface area contributed by atoms with Crippen LogP contribution < -0.4 is 5.32 Å². The van der Waals surface area contributed by atoms with Crippen molar-refractivity contribution in [2.75, 3.05) is 13.6 Å².